The van der Waals surface area contributed by atoms with Gasteiger partial charge in [-0.3, -0.25) is 9.59 Å². The number of rotatable bonds is 2. The van der Waals surface area contributed by atoms with Crippen LogP contribution in [0.3, 0.4) is 0 Å². The van der Waals surface area contributed by atoms with Crippen molar-refractivity contribution < 1.29 is 9.59 Å². The number of carbonyl (C=O) groups excluding carboxylic acids is 2. The van der Waals surface area contributed by atoms with Gasteiger partial charge in [0.05, 0.1) is 0 Å². The number of amides is 2. The maximum Gasteiger partial charge on any atom is 0.253 e. The van der Waals surface area contributed by atoms with Gasteiger partial charge in [0.1, 0.15) is 0 Å². The lowest BCUT2D eigenvalue weighted by molar-refractivity contribution is -0.136. The first-order chi connectivity index (χ1) is 11.6. The summed E-state index contributed by atoms with van der Waals surface area (Å²) in [7, 11) is 0. The number of likely N-dealkylation sites (tertiary alicyclic amines) is 2. The van der Waals surface area contributed by atoms with E-state index < -0.39 is 0 Å². The third-order valence-corrected chi connectivity index (χ3v) is 5.39. The molecule has 0 saturated carbocycles. The van der Waals surface area contributed by atoms with Gasteiger partial charge >= 0.3 is 0 Å². The average Bonchev–Trinajstić information content (AvgIpc) is 2.91. The number of piperidine rings is 1. The van der Waals surface area contributed by atoms with E-state index in [-0.39, 0.29) is 11.8 Å². The lowest BCUT2D eigenvalue weighted by Crippen LogP contribution is -2.44. The Balaban J connectivity index is 1.54. The molecule has 5 heteroatoms. The van der Waals surface area contributed by atoms with Gasteiger partial charge in [-0.05, 0) is 49.9 Å². The molecule has 2 saturated heterocycles. The Morgan fingerprint density at radius 3 is 2.00 bits per heavy atom. The molecule has 2 aliphatic rings. The summed E-state index contributed by atoms with van der Waals surface area (Å²) in [5.41, 5.74) is 0.664. The molecule has 4 nitrogen and oxygen atoms in total. The third-order valence-electron chi connectivity index (χ3n) is 5.14. The second-order valence-electron chi connectivity index (χ2n) is 6.81. The fourth-order valence-electron chi connectivity index (χ4n) is 3.65. The molecule has 0 bridgehead atoms. The molecule has 2 aliphatic heterocycles. The molecule has 0 spiro atoms. The van der Waals surface area contributed by atoms with Gasteiger partial charge in [-0.15, -0.1) is 0 Å². The number of carbonyl (C=O) groups is 2. The van der Waals surface area contributed by atoms with Gasteiger partial charge in [-0.25, -0.2) is 0 Å². The standard InChI is InChI=1S/C19H25ClN2O2/c20-17-7-5-15(6-8-17)18(23)22-13-9-16(10-14-22)19(24)21-11-3-1-2-4-12-21/h5-8,16H,1-4,9-14H2. The van der Waals surface area contributed by atoms with Gasteiger partial charge in [0.25, 0.3) is 5.91 Å². The Labute approximate surface area is 148 Å². The Morgan fingerprint density at radius 2 is 1.42 bits per heavy atom. The van der Waals surface area contributed by atoms with Gasteiger partial charge in [-0.1, -0.05) is 24.4 Å². The summed E-state index contributed by atoms with van der Waals surface area (Å²) < 4.78 is 0. The van der Waals surface area contributed by atoms with Gasteiger partial charge in [0.2, 0.25) is 5.91 Å². The van der Waals surface area contributed by atoms with Gasteiger partial charge in [0, 0.05) is 42.7 Å². The molecule has 2 amide bonds. The minimum absolute atomic E-state index is 0.0346. The molecule has 2 heterocycles. The summed E-state index contributed by atoms with van der Waals surface area (Å²) in [6.07, 6.45) is 6.26. The molecule has 0 aliphatic carbocycles. The summed E-state index contributed by atoms with van der Waals surface area (Å²) in [6.45, 7) is 3.13. The van der Waals surface area contributed by atoms with Crippen LogP contribution in [0.4, 0.5) is 0 Å². The fraction of sp³-hybridized carbons (Fsp3) is 0.579. The predicted molar refractivity (Wildman–Crippen MR) is 95.1 cm³/mol. The molecule has 0 N–H and O–H groups in total. The summed E-state index contributed by atoms with van der Waals surface area (Å²) in [4.78, 5) is 29.1. The van der Waals surface area contributed by atoms with E-state index in [4.69, 9.17) is 11.6 Å². The zero-order chi connectivity index (χ0) is 16.9. The minimum Gasteiger partial charge on any atom is -0.342 e. The Hall–Kier alpha value is -1.55. The number of benzene rings is 1. The first-order valence-electron chi connectivity index (χ1n) is 8.99. The number of hydrogen-bond donors (Lipinski definition) is 0. The average molecular weight is 349 g/mol. The monoisotopic (exact) mass is 348 g/mol. The van der Waals surface area contributed by atoms with Gasteiger partial charge < -0.3 is 9.80 Å². The van der Waals surface area contributed by atoms with Crippen molar-refractivity contribution in [2.24, 2.45) is 5.92 Å². The van der Waals surface area contributed by atoms with E-state index >= 15 is 0 Å². The zero-order valence-electron chi connectivity index (χ0n) is 14.0. The molecule has 0 unspecified atom stereocenters. The molecule has 0 radical (unpaired) electrons. The quantitative estimate of drug-likeness (QED) is 0.819. The Morgan fingerprint density at radius 1 is 0.833 bits per heavy atom. The highest BCUT2D eigenvalue weighted by Gasteiger charge is 2.30. The maximum atomic E-state index is 12.7. The highest BCUT2D eigenvalue weighted by Crippen LogP contribution is 2.23. The van der Waals surface area contributed by atoms with E-state index in [2.05, 4.69) is 0 Å². The van der Waals surface area contributed by atoms with Crippen LogP contribution < -0.4 is 0 Å². The van der Waals surface area contributed by atoms with Crippen LogP contribution in [0.2, 0.25) is 5.02 Å². The smallest absolute Gasteiger partial charge is 0.253 e. The largest absolute Gasteiger partial charge is 0.342 e. The number of halogens is 1. The van der Waals surface area contributed by atoms with Crippen molar-refractivity contribution in [1.82, 2.24) is 9.80 Å². The van der Waals surface area contributed by atoms with Crippen LogP contribution in [0.1, 0.15) is 48.9 Å². The normalized spacial score (nSPS) is 19.9. The zero-order valence-corrected chi connectivity index (χ0v) is 14.8. The SMILES string of the molecule is O=C(c1ccc(Cl)cc1)N1CCC(C(=O)N2CCCCCC2)CC1. The number of hydrogen-bond acceptors (Lipinski definition) is 2. The van der Waals surface area contributed by atoms with E-state index in [1.54, 1.807) is 24.3 Å². The van der Waals surface area contributed by atoms with Crippen LogP contribution in [0.5, 0.6) is 0 Å². The van der Waals surface area contributed by atoms with Crippen molar-refractivity contribution >= 4 is 23.4 Å². The summed E-state index contributed by atoms with van der Waals surface area (Å²) in [6, 6.07) is 7.01. The maximum absolute atomic E-state index is 12.7. The van der Waals surface area contributed by atoms with Crippen molar-refractivity contribution in [2.75, 3.05) is 26.2 Å². The van der Waals surface area contributed by atoms with Crippen LogP contribution in [0, 0.1) is 5.92 Å². The lowest BCUT2D eigenvalue weighted by Gasteiger charge is -2.34. The Kier molecular flexibility index (Phi) is 5.77. The Bertz CT molecular complexity index is 572. The van der Waals surface area contributed by atoms with Crippen LogP contribution in [-0.2, 0) is 4.79 Å². The highest BCUT2D eigenvalue weighted by atomic mass is 35.5. The van der Waals surface area contributed by atoms with E-state index in [1.165, 1.54) is 12.8 Å². The fourth-order valence-corrected chi connectivity index (χ4v) is 3.78. The first kappa shape index (κ1) is 17.3. The molecule has 0 atom stereocenters. The van der Waals surface area contributed by atoms with Gasteiger partial charge in [0.15, 0.2) is 0 Å². The number of nitrogens with zero attached hydrogens (tertiary/aromatic N) is 2. The first-order valence-corrected chi connectivity index (χ1v) is 9.36. The molecule has 130 valence electrons. The van der Waals surface area contributed by atoms with Crippen molar-refractivity contribution in [3.8, 4) is 0 Å². The van der Waals surface area contributed by atoms with Crippen molar-refractivity contribution in [3.63, 3.8) is 0 Å². The van der Waals surface area contributed by atoms with E-state index in [9.17, 15) is 9.59 Å². The van der Waals surface area contributed by atoms with Crippen LogP contribution in [0.15, 0.2) is 24.3 Å². The van der Waals surface area contributed by atoms with Crippen molar-refractivity contribution in [2.45, 2.75) is 38.5 Å². The third kappa shape index (κ3) is 4.10. The molecule has 2 fully saturated rings. The summed E-state index contributed by atoms with van der Waals surface area (Å²) in [5.74, 6) is 0.417. The van der Waals surface area contributed by atoms with Crippen molar-refractivity contribution in [3.05, 3.63) is 34.9 Å². The lowest BCUT2D eigenvalue weighted by atomic mass is 9.94. The van der Waals surface area contributed by atoms with E-state index in [0.29, 0.717) is 29.6 Å². The van der Waals surface area contributed by atoms with E-state index in [0.717, 1.165) is 38.8 Å². The van der Waals surface area contributed by atoms with Gasteiger partial charge in [-0.2, -0.15) is 0 Å². The molecule has 3 rings (SSSR count). The van der Waals surface area contributed by atoms with E-state index in [1.807, 2.05) is 9.80 Å². The second kappa shape index (κ2) is 8.02. The van der Waals surface area contributed by atoms with Crippen LogP contribution in [0.25, 0.3) is 0 Å². The summed E-state index contributed by atoms with van der Waals surface area (Å²) in [5, 5.41) is 0.633. The molecule has 24 heavy (non-hydrogen) atoms. The second-order valence-corrected chi connectivity index (χ2v) is 7.25. The van der Waals surface area contributed by atoms with Crippen LogP contribution >= 0.6 is 11.6 Å². The summed E-state index contributed by atoms with van der Waals surface area (Å²) >= 11 is 5.87. The predicted octanol–water partition coefficient (Wildman–Crippen LogP) is 3.59. The highest BCUT2D eigenvalue weighted by molar-refractivity contribution is 6.30. The molecule has 1 aromatic rings. The molecule has 0 aromatic heterocycles. The molecular formula is C19H25ClN2O2. The molecular weight excluding hydrogens is 324 g/mol. The van der Waals surface area contributed by atoms with Crippen LogP contribution in [-0.4, -0.2) is 47.8 Å². The minimum atomic E-state index is 0.0346. The molecule has 1 aromatic carbocycles. The van der Waals surface area contributed by atoms with Crippen molar-refractivity contribution in [1.29, 1.82) is 0 Å². The topological polar surface area (TPSA) is 40.6 Å².